The van der Waals surface area contributed by atoms with Crippen LogP contribution in [0.4, 0.5) is 0 Å². The molecule has 0 aromatic carbocycles. The Kier molecular flexibility index (Phi) is 24.5. The molecule has 0 rings (SSSR count). The van der Waals surface area contributed by atoms with E-state index in [2.05, 4.69) is 39.4 Å². The first kappa shape index (κ1) is 27.9. The number of nitrogens with one attached hydrogen (secondary N) is 1. The first-order valence-electron chi connectivity index (χ1n) is 11.2. The van der Waals surface area contributed by atoms with Gasteiger partial charge in [-0.15, -0.1) is 13.2 Å². The summed E-state index contributed by atoms with van der Waals surface area (Å²) in [5.74, 6) is 0.791. The monoisotopic (exact) mass is 385 g/mol. The number of allylic oxidation sites excluding steroid dienone is 2. The third kappa shape index (κ3) is 21.8. The standard InChI is InChI=1S/C24H47N.ClH/c1-5-20-24(21-6-2)22-18-16-14-12-10-8-7-9-11-13-15-17-19-23-25(3)4;/h5-6,24H,1-2,7-23H2,3-4H3;1H. The van der Waals surface area contributed by atoms with Crippen molar-refractivity contribution >= 4 is 0 Å². The molecule has 2 heteroatoms. The first-order chi connectivity index (χ1) is 12.2. The topological polar surface area (TPSA) is 4.44 Å². The van der Waals surface area contributed by atoms with Gasteiger partial charge in [-0.2, -0.15) is 0 Å². The van der Waals surface area contributed by atoms with Crippen LogP contribution in [0.3, 0.4) is 0 Å². The molecular formula is C24H48ClN. The van der Waals surface area contributed by atoms with Gasteiger partial charge in [0.25, 0.3) is 0 Å². The van der Waals surface area contributed by atoms with Crippen molar-refractivity contribution < 1.29 is 17.3 Å². The van der Waals surface area contributed by atoms with Crippen LogP contribution in [0, 0.1) is 5.92 Å². The fourth-order valence-electron chi connectivity index (χ4n) is 3.66. The van der Waals surface area contributed by atoms with Crippen molar-refractivity contribution in [1.29, 1.82) is 0 Å². The highest BCUT2D eigenvalue weighted by molar-refractivity contribution is 4.79. The van der Waals surface area contributed by atoms with Crippen LogP contribution < -0.4 is 17.3 Å². The Labute approximate surface area is 172 Å². The smallest absolute Gasteiger partial charge is 0.0766 e. The molecule has 0 saturated heterocycles. The summed E-state index contributed by atoms with van der Waals surface area (Å²) in [4.78, 5) is 1.59. The molecule has 0 spiro atoms. The lowest BCUT2D eigenvalue weighted by Gasteiger charge is -2.12. The van der Waals surface area contributed by atoms with Gasteiger partial charge in [-0.05, 0) is 38.0 Å². The van der Waals surface area contributed by atoms with Gasteiger partial charge in [0.2, 0.25) is 0 Å². The van der Waals surface area contributed by atoms with E-state index < -0.39 is 0 Å². The van der Waals surface area contributed by atoms with Gasteiger partial charge in [0.05, 0.1) is 20.6 Å². The molecule has 0 aliphatic carbocycles. The number of unbranched alkanes of at least 4 members (excludes halogenated alkanes) is 12. The molecule has 0 aromatic heterocycles. The predicted octanol–water partition coefficient (Wildman–Crippen LogP) is 3.36. The molecule has 26 heavy (non-hydrogen) atoms. The normalized spacial score (nSPS) is 10.9. The summed E-state index contributed by atoms with van der Waals surface area (Å²) in [7, 11) is 4.51. The minimum absolute atomic E-state index is 0. The minimum atomic E-state index is 0. The third-order valence-corrected chi connectivity index (χ3v) is 5.29. The van der Waals surface area contributed by atoms with Crippen LogP contribution in [-0.2, 0) is 0 Å². The highest BCUT2D eigenvalue weighted by Gasteiger charge is 2.04. The molecule has 1 N–H and O–H groups in total. The summed E-state index contributed by atoms with van der Waals surface area (Å²) in [5.41, 5.74) is 0. The molecule has 0 radical (unpaired) electrons. The zero-order valence-electron chi connectivity index (χ0n) is 18.0. The van der Waals surface area contributed by atoms with Crippen molar-refractivity contribution in [3.8, 4) is 0 Å². The van der Waals surface area contributed by atoms with Gasteiger partial charge in [-0.1, -0.05) is 82.8 Å². The van der Waals surface area contributed by atoms with Crippen molar-refractivity contribution in [2.24, 2.45) is 5.92 Å². The maximum absolute atomic E-state index is 3.87. The Hall–Kier alpha value is -0.270. The van der Waals surface area contributed by atoms with Gasteiger partial charge < -0.3 is 17.3 Å². The molecule has 0 bridgehead atoms. The Balaban J connectivity index is 0. The second-order valence-corrected chi connectivity index (χ2v) is 8.26. The number of hydrogen-bond donors (Lipinski definition) is 1. The second kappa shape index (κ2) is 22.8. The van der Waals surface area contributed by atoms with Crippen molar-refractivity contribution in [2.45, 2.75) is 103 Å². The van der Waals surface area contributed by atoms with E-state index in [0.29, 0.717) is 0 Å². The molecule has 0 aliphatic rings. The molecule has 0 aliphatic heterocycles. The minimum Gasteiger partial charge on any atom is -1.00 e. The molecule has 0 fully saturated rings. The maximum atomic E-state index is 3.87. The SMILES string of the molecule is C=CCC(CC=C)CCCCCCCCCCCCCCC[NH+](C)C.[Cl-]. The van der Waals surface area contributed by atoms with Crippen molar-refractivity contribution in [3.63, 3.8) is 0 Å². The van der Waals surface area contributed by atoms with Crippen LogP contribution in [0.15, 0.2) is 25.3 Å². The van der Waals surface area contributed by atoms with Gasteiger partial charge in [0.15, 0.2) is 0 Å². The van der Waals surface area contributed by atoms with Gasteiger partial charge in [0.1, 0.15) is 0 Å². The largest absolute Gasteiger partial charge is 1.00 e. The quantitative estimate of drug-likeness (QED) is 0.242. The lowest BCUT2D eigenvalue weighted by molar-refractivity contribution is -0.858. The molecule has 0 saturated carbocycles. The van der Waals surface area contributed by atoms with Crippen molar-refractivity contribution in [3.05, 3.63) is 25.3 Å². The summed E-state index contributed by atoms with van der Waals surface area (Å²) >= 11 is 0. The Morgan fingerprint density at radius 3 is 1.31 bits per heavy atom. The molecule has 0 heterocycles. The van der Waals surface area contributed by atoms with Crippen LogP contribution >= 0.6 is 0 Å². The summed E-state index contributed by atoms with van der Waals surface area (Å²) in [5, 5.41) is 0. The molecule has 0 atom stereocenters. The maximum Gasteiger partial charge on any atom is 0.0766 e. The lowest BCUT2D eigenvalue weighted by atomic mass is 9.94. The van der Waals surface area contributed by atoms with Gasteiger partial charge in [0, 0.05) is 0 Å². The van der Waals surface area contributed by atoms with Crippen molar-refractivity contribution in [1.82, 2.24) is 0 Å². The Bertz CT molecular complexity index is 278. The van der Waals surface area contributed by atoms with Gasteiger partial charge in [-0.3, -0.25) is 0 Å². The molecule has 0 amide bonds. The average molecular weight is 386 g/mol. The summed E-state index contributed by atoms with van der Waals surface area (Å²) in [6.45, 7) is 9.08. The molecule has 1 nitrogen and oxygen atoms in total. The highest BCUT2D eigenvalue weighted by atomic mass is 35.5. The van der Waals surface area contributed by atoms with E-state index in [1.807, 2.05) is 0 Å². The van der Waals surface area contributed by atoms with E-state index >= 15 is 0 Å². The van der Waals surface area contributed by atoms with Crippen LogP contribution in [0.5, 0.6) is 0 Å². The van der Waals surface area contributed by atoms with Crippen LogP contribution in [0.25, 0.3) is 0 Å². The fourth-order valence-corrected chi connectivity index (χ4v) is 3.66. The number of rotatable bonds is 20. The molecule has 0 unspecified atom stereocenters. The van der Waals surface area contributed by atoms with E-state index in [1.165, 1.54) is 96.4 Å². The third-order valence-electron chi connectivity index (χ3n) is 5.29. The second-order valence-electron chi connectivity index (χ2n) is 8.26. The lowest BCUT2D eigenvalue weighted by Crippen LogP contribution is -3.05. The van der Waals surface area contributed by atoms with E-state index in [1.54, 1.807) is 4.90 Å². The Morgan fingerprint density at radius 2 is 0.962 bits per heavy atom. The summed E-state index contributed by atoms with van der Waals surface area (Å²) < 4.78 is 0. The average Bonchev–Trinajstić information content (AvgIpc) is 2.58. The van der Waals surface area contributed by atoms with Gasteiger partial charge in [-0.25, -0.2) is 0 Å². The van der Waals surface area contributed by atoms with Crippen LogP contribution in [-0.4, -0.2) is 20.6 Å². The number of quaternary nitrogens is 1. The van der Waals surface area contributed by atoms with Crippen LogP contribution in [0.2, 0.25) is 0 Å². The highest BCUT2D eigenvalue weighted by Crippen LogP contribution is 2.19. The van der Waals surface area contributed by atoms with E-state index in [4.69, 9.17) is 0 Å². The zero-order valence-corrected chi connectivity index (χ0v) is 18.8. The Morgan fingerprint density at radius 1 is 0.615 bits per heavy atom. The van der Waals surface area contributed by atoms with Gasteiger partial charge >= 0.3 is 0 Å². The first-order valence-corrected chi connectivity index (χ1v) is 11.2. The summed E-state index contributed by atoms with van der Waals surface area (Å²) in [6.07, 6.45) is 26.5. The van der Waals surface area contributed by atoms with Crippen molar-refractivity contribution in [2.75, 3.05) is 20.6 Å². The summed E-state index contributed by atoms with van der Waals surface area (Å²) in [6, 6.07) is 0. The van der Waals surface area contributed by atoms with E-state index in [0.717, 1.165) is 18.8 Å². The number of halogens is 1. The fraction of sp³-hybridized carbons (Fsp3) is 0.833. The molecule has 156 valence electrons. The van der Waals surface area contributed by atoms with E-state index in [-0.39, 0.29) is 12.4 Å². The molecule has 0 aromatic rings. The molecular weight excluding hydrogens is 338 g/mol. The van der Waals surface area contributed by atoms with E-state index in [9.17, 15) is 0 Å². The predicted molar refractivity (Wildman–Crippen MR) is 115 cm³/mol. The number of hydrogen-bond acceptors (Lipinski definition) is 0. The zero-order chi connectivity index (χ0) is 18.6. The van der Waals surface area contributed by atoms with Crippen LogP contribution in [0.1, 0.15) is 103 Å².